The molecule has 132 valence electrons. The molecule has 1 saturated heterocycles. The highest BCUT2D eigenvalue weighted by atomic mass is 32.1. The number of carbonyl (C=O) groups excluding carboxylic acids is 2. The highest BCUT2D eigenvalue weighted by Crippen LogP contribution is 2.29. The predicted octanol–water partition coefficient (Wildman–Crippen LogP) is 2.74. The summed E-state index contributed by atoms with van der Waals surface area (Å²) in [6, 6.07) is 10.1. The van der Waals surface area contributed by atoms with Crippen molar-refractivity contribution in [3.05, 3.63) is 52.0 Å². The van der Waals surface area contributed by atoms with Gasteiger partial charge in [-0.3, -0.25) is 9.59 Å². The topological polar surface area (TPSA) is 71.1 Å². The third-order valence-electron chi connectivity index (χ3n) is 4.58. The Morgan fingerprint density at radius 2 is 2.16 bits per heavy atom. The van der Waals surface area contributed by atoms with Crippen LogP contribution in [0.4, 0.5) is 0 Å². The molecule has 2 N–H and O–H groups in total. The molecule has 1 atom stereocenters. The molecule has 1 aromatic carbocycles. The van der Waals surface area contributed by atoms with Gasteiger partial charge in [0.15, 0.2) is 0 Å². The Hall–Kier alpha value is -2.21. The molecule has 1 aromatic heterocycles. The number of nitrogens with one attached hydrogen (secondary N) is 2. The van der Waals surface area contributed by atoms with Crippen LogP contribution in [0.5, 0.6) is 0 Å². The fraction of sp³-hybridized carbons (Fsp3) is 0.421. The van der Waals surface area contributed by atoms with Gasteiger partial charge in [-0.05, 0) is 31.7 Å². The fourth-order valence-corrected chi connectivity index (χ4v) is 3.90. The molecule has 1 unspecified atom stereocenters. The Kier molecular flexibility index (Phi) is 5.48. The van der Waals surface area contributed by atoms with Crippen molar-refractivity contribution in [2.75, 3.05) is 0 Å². The summed E-state index contributed by atoms with van der Waals surface area (Å²) in [5.41, 5.74) is 1.76. The van der Waals surface area contributed by atoms with Crippen molar-refractivity contribution in [1.29, 1.82) is 0 Å². The van der Waals surface area contributed by atoms with Crippen LogP contribution in [0.3, 0.4) is 0 Å². The van der Waals surface area contributed by atoms with Crippen LogP contribution in [0.15, 0.2) is 35.7 Å². The van der Waals surface area contributed by atoms with Crippen molar-refractivity contribution >= 4 is 23.2 Å². The van der Waals surface area contributed by atoms with Crippen molar-refractivity contribution < 1.29 is 9.59 Å². The maximum Gasteiger partial charge on any atom is 0.220 e. The number of aromatic nitrogens is 1. The van der Waals surface area contributed by atoms with Crippen molar-refractivity contribution in [2.45, 2.75) is 51.1 Å². The Bertz CT molecular complexity index is 744. The van der Waals surface area contributed by atoms with E-state index in [1.165, 1.54) is 5.56 Å². The molecule has 0 radical (unpaired) electrons. The van der Waals surface area contributed by atoms with E-state index in [0.29, 0.717) is 25.8 Å². The number of carbonyl (C=O) groups is 2. The summed E-state index contributed by atoms with van der Waals surface area (Å²) >= 11 is 1.58. The second-order valence-corrected chi connectivity index (χ2v) is 7.69. The number of thiazole rings is 1. The molecule has 3 rings (SSSR count). The molecule has 0 aliphatic carbocycles. The second kappa shape index (κ2) is 7.78. The summed E-state index contributed by atoms with van der Waals surface area (Å²) < 4.78 is 0. The summed E-state index contributed by atoms with van der Waals surface area (Å²) in [5.74, 6) is 0.0773. The van der Waals surface area contributed by atoms with Crippen LogP contribution < -0.4 is 10.6 Å². The van der Waals surface area contributed by atoms with E-state index in [1.807, 2.05) is 30.5 Å². The van der Waals surface area contributed by atoms with E-state index in [9.17, 15) is 9.59 Å². The van der Waals surface area contributed by atoms with E-state index >= 15 is 0 Å². The molecule has 0 bridgehead atoms. The lowest BCUT2D eigenvalue weighted by Gasteiger charge is -2.29. The first-order valence-corrected chi connectivity index (χ1v) is 9.45. The molecule has 1 aliphatic rings. The van der Waals surface area contributed by atoms with E-state index in [-0.39, 0.29) is 17.4 Å². The maximum absolute atomic E-state index is 12.2. The molecule has 25 heavy (non-hydrogen) atoms. The summed E-state index contributed by atoms with van der Waals surface area (Å²) in [6.07, 6.45) is 3.12. The number of amides is 2. The normalized spacial score (nSPS) is 19.6. The molecular weight excluding hydrogens is 334 g/mol. The first kappa shape index (κ1) is 17.6. The van der Waals surface area contributed by atoms with Crippen molar-refractivity contribution in [3.8, 4) is 0 Å². The summed E-state index contributed by atoms with van der Waals surface area (Å²) in [6.45, 7) is 2.41. The van der Waals surface area contributed by atoms with Gasteiger partial charge < -0.3 is 10.6 Å². The number of nitrogens with zero attached hydrogens (tertiary/aromatic N) is 1. The zero-order chi connectivity index (χ0) is 17.7. The first-order valence-electron chi connectivity index (χ1n) is 8.57. The van der Waals surface area contributed by atoms with Gasteiger partial charge in [0, 0.05) is 23.8 Å². The van der Waals surface area contributed by atoms with Crippen molar-refractivity contribution in [2.24, 2.45) is 0 Å². The summed E-state index contributed by atoms with van der Waals surface area (Å²) in [7, 11) is 0. The van der Waals surface area contributed by atoms with Gasteiger partial charge in [0.05, 0.1) is 17.2 Å². The van der Waals surface area contributed by atoms with Crippen LogP contribution in [0.25, 0.3) is 0 Å². The van der Waals surface area contributed by atoms with Gasteiger partial charge in [-0.15, -0.1) is 11.3 Å². The third kappa shape index (κ3) is 4.89. The molecule has 6 heteroatoms. The first-order chi connectivity index (χ1) is 12.0. The summed E-state index contributed by atoms with van der Waals surface area (Å²) in [5, 5.41) is 9.00. The zero-order valence-electron chi connectivity index (χ0n) is 14.4. The number of aryl methyl sites for hydroxylation is 1. The standard InChI is InChI=1S/C19H23N3O2S/c1-14-21-16(13-25-14)12-20-17(23)7-9-19(10-8-18(24)22-19)11-15-5-3-2-4-6-15/h2-6,13H,7-12H2,1H3,(H,20,23)(H,22,24). The quantitative estimate of drug-likeness (QED) is 0.800. The average Bonchev–Trinajstić information content (AvgIpc) is 3.18. The Labute approximate surface area is 151 Å². The Balaban J connectivity index is 1.55. The van der Waals surface area contributed by atoms with Gasteiger partial charge in [-0.25, -0.2) is 4.98 Å². The lowest BCUT2D eigenvalue weighted by molar-refractivity contribution is -0.122. The third-order valence-corrected chi connectivity index (χ3v) is 5.41. The minimum atomic E-state index is -0.313. The Morgan fingerprint density at radius 1 is 1.36 bits per heavy atom. The largest absolute Gasteiger partial charge is 0.350 e. The van der Waals surface area contributed by atoms with Gasteiger partial charge in [0.2, 0.25) is 11.8 Å². The monoisotopic (exact) mass is 357 g/mol. The predicted molar refractivity (Wildman–Crippen MR) is 98.2 cm³/mol. The maximum atomic E-state index is 12.2. The van der Waals surface area contributed by atoms with Gasteiger partial charge in [0.1, 0.15) is 0 Å². The molecule has 0 spiro atoms. The zero-order valence-corrected chi connectivity index (χ0v) is 15.2. The fourth-order valence-electron chi connectivity index (χ4n) is 3.29. The van der Waals surface area contributed by atoms with Crippen molar-refractivity contribution in [3.63, 3.8) is 0 Å². The summed E-state index contributed by atoms with van der Waals surface area (Å²) in [4.78, 5) is 28.3. The lowest BCUT2D eigenvalue weighted by atomic mass is 9.85. The molecular formula is C19H23N3O2S. The van der Waals surface area contributed by atoms with E-state index in [1.54, 1.807) is 11.3 Å². The van der Waals surface area contributed by atoms with Crippen LogP contribution in [0.1, 0.15) is 41.9 Å². The highest BCUT2D eigenvalue weighted by Gasteiger charge is 2.37. The molecule has 1 aliphatic heterocycles. The molecule has 2 amide bonds. The minimum Gasteiger partial charge on any atom is -0.350 e. The Morgan fingerprint density at radius 3 is 2.80 bits per heavy atom. The molecule has 2 aromatic rings. The van der Waals surface area contributed by atoms with Gasteiger partial charge in [-0.1, -0.05) is 30.3 Å². The second-order valence-electron chi connectivity index (χ2n) is 6.63. The van der Waals surface area contributed by atoms with E-state index < -0.39 is 0 Å². The number of rotatable bonds is 7. The molecule has 2 heterocycles. The van der Waals surface area contributed by atoms with E-state index in [2.05, 4.69) is 27.8 Å². The number of benzene rings is 1. The van der Waals surface area contributed by atoms with Crippen molar-refractivity contribution in [1.82, 2.24) is 15.6 Å². The van der Waals surface area contributed by atoms with Gasteiger partial charge in [-0.2, -0.15) is 0 Å². The van der Waals surface area contributed by atoms with Crippen LogP contribution in [0.2, 0.25) is 0 Å². The van der Waals surface area contributed by atoms with Crippen LogP contribution in [0, 0.1) is 6.92 Å². The lowest BCUT2D eigenvalue weighted by Crippen LogP contribution is -2.44. The van der Waals surface area contributed by atoms with E-state index in [0.717, 1.165) is 23.5 Å². The average molecular weight is 357 g/mol. The van der Waals surface area contributed by atoms with Gasteiger partial charge >= 0.3 is 0 Å². The molecule has 1 fully saturated rings. The number of hydrogen-bond acceptors (Lipinski definition) is 4. The smallest absolute Gasteiger partial charge is 0.220 e. The minimum absolute atomic E-state index is 0.000705. The molecule has 5 nitrogen and oxygen atoms in total. The highest BCUT2D eigenvalue weighted by molar-refractivity contribution is 7.09. The van der Waals surface area contributed by atoms with Crippen LogP contribution >= 0.6 is 11.3 Å². The SMILES string of the molecule is Cc1nc(CNC(=O)CCC2(Cc3ccccc3)CCC(=O)N2)cs1. The van der Waals surface area contributed by atoms with Gasteiger partial charge in [0.25, 0.3) is 0 Å². The van der Waals surface area contributed by atoms with Crippen LogP contribution in [-0.4, -0.2) is 22.3 Å². The number of hydrogen-bond donors (Lipinski definition) is 2. The van der Waals surface area contributed by atoms with Crippen LogP contribution in [-0.2, 0) is 22.6 Å². The van der Waals surface area contributed by atoms with E-state index in [4.69, 9.17) is 0 Å². The molecule has 0 saturated carbocycles.